The monoisotopic (exact) mass is 363 g/mol. The van der Waals surface area contributed by atoms with Crippen LogP contribution in [0.25, 0.3) is 5.52 Å². The molecule has 4 rings (SSSR count). The topological polar surface area (TPSA) is 53.7 Å². The van der Waals surface area contributed by atoms with Crippen molar-refractivity contribution in [3.05, 3.63) is 29.0 Å². The minimum atomic E-state index is 0.154. The zero-order valence-electron chi connectivity index (χ0n) is 12.4. The van der Waals surface area contributed by atoms with Crippen LogP contribution in [0.15, 0.2) is 23.3 Å². The van der Waals surface area contributed by atoms with Crippen molar-refractivity contribution in [2.75, 3.05) is 20.1 Å². The summed E-state index contributed by atoms with van der Waals surface area (Å²) in [6, 6.07) is 0.553. The van der Waals surface area contributed by atoms with Crippen molar-refractivity contribution in [3.8, 4) is 0 Å². The molecule has 2 aromatic rings. The number of nitrogens with zero attached hydrogens (tertiary/aromatic N) is 5. The van der Waals surface area contributed by atoms with E-state index < -0.39 is 0 Å². The first kappa shape index (κ1) is 14.0. The van der Waals surface area contributed by atoms with Crippen LogP contribution in [0.3, 0.4) is 0 Å². The quantitative estimate of drug-likeness (QED) is 0.781. The van der Waals surface area contributed by atoms with Gasteiger partial charge < -0.3 is 9.80 Å². The van der Waals surface area contributed by atoms with Crippen LogP contribution in [0.5, 0.6) is 0 Å². The SMILES string of the molecule is CN1CCC2CCC(c3nc(Br)n4ccncc34)CN2C1=O. The number of hydrogen-bond acceptors (Lipinski definition) is 3. The molecule has 0 radical (unpaired) electrons. The second kappa shape index (κ2) is 5.22. The lowest BCUT2D eigenvalue weighted by molar-refractivity contribution is 0.0814. The molecule has 6 nitrogen and oxygen atoms in total. The fourth-order valence-corrected chi connectivity index (χ4v) is 4.17. The van der Waals surface area contributed by atoms with E-state index in [-0.39, 0.29) is 11.9 Å². The average Bonchev–Trinajstić information content (AvgIpc) is 2.88. The van der Waals surface area contributed by atoms with E-state index in [1.54, 1.807) is 6.20 Å². The molecule has 2 unspecified atom stereocenters. The van der Waals surface area contributed by atoms with Gasteiger partial charge in [-0.15, -0.1) is 0 Å². The van der Waals surface area contributed by atoms with E-state index >= 15 is 0 Å². The number of urea groups is 1. The molecule has 2 aliphatic rings. The number of carbonyl (C=O) groups is 1. The Hall–Kier alpha value is -1.63. The molecule has 0 spiro atoms. The fraction of sp³-hybridized carbons (Fsp3) is 0.533. The van der Waals surface area contributed by atoms with Crippen LogP contribution in [0.1, 0.15) is 30.9 Å². The molecular weight excluding hydrogens is 346 g/mol. The molecule has 0 bridgehead atoms. The predicted molar refractivity (Wildman–Crippen MR) is 85.8 cm³/mol. The van der Waals surface area contributed by atoms with Crippen LogP contribution < -0.4 is 0 Å². The average molecular weight is 364 g/mol. The number of amides is 2. The molecule has 0 aromatic carbocycles. The van der Waals surface area contributed by atoms with Crippen LogP contribution in [-0.4, -0.2) is 56.4 Å². The maximum absolute atomic E-state index is 12.4. The highest BCUT2D eigenvalue weighted by Crippen LogP contribution is 2.35. The van der Waals surface area contributed by atoms with E-state index in [1.807, 2.05) is 33.6 Å². The van der Waals surface area contributed by atoms with Gasteiger partial charge in [0.1, 0.15) is 0 Å². The Bertz CT molecular complexity index is 730. The lowest BCUT2D eigenvalue weighted by Gasteiger charge is -2.45. The number of halogens is 1. The second-order valence-corrected chi connectivity index (χ2v) is 6.88. The number of aromatic nitrogens is 3. The van der Waals surface area contributed by atoms with Crippen LogP contribution in [0.2, 0.25) is 0 Å². The van der Waals surface area contributed by atoms with Gasteiger partial charge >= 0.3 is 6.03 Å². The second-order valence-electron chi connectivity index (χ2n) is 6.17. The summed E-state index contributed by atoms with van der Waals surface area (Å²) in [6.07, 6.45) is 8.71. The summed E-state index contributed by atoms with van der Waals surface area (Å²) in [4.78, 5) is 25.2. The molecule has 0 N–H and O–H groups in total. The lowest BCUT2D eigenvalue weighted by Crippen LogP contribution is -2.56. The zero-order chi connectivity index (χ0) is 15.3. The van der Waals surface area contributed by atoms with Gasteiger partial charge in [-0.2, -0.15) is 0 Å². The Labute approximate surface area is 137 Å². The highest BCUT2D eigenvalue weighted by molar-refractivity contribution is 9.10. The standard InChI is InChI=1S/C15H18BrN5O/c1-19-6-4-11-3-2-10(9-21(11)15(19)22)13-12-8-17-5-7-20(12)14(16)18-13/h5,7-8,10-11H,2-4,6,9H2,1H3. The first-order valence-corrected chi connectivity index (χ1v) is 8.43. The van der Waals surface area contributed by atoms with Crippen LogP contribution >= 0.6 is 15.9 Å². The summed E-state index contributed by atoms with van der Waals surface area (Å²) in [7, 11) is 1.88. The summed E-state index contributed by atoms with van der Waals surface area (Å²) < 4.78 is 2.79. The third-order valence-electron chi connectivity index (χ3n) is 4.89. The molecule has 116 valence electrons. The molecule has 2 saturated heterocycles. The molecule has 2 atom stereocenters. The number of rotatable bonds is 1. The summed E-state index contributed by atoms with van der Waals surface area (Å²) in [6.45, 7) is 1.62. The Kier molecular flexibility index (Phi) is 3.32. The van der Waals surface area contributed by atoms with E-state index in [0.717, 1.165) is 48.3 Å². The highest BCUT2D eigenvalue weighted by atomic mass is 79.9. The van der Waals surface area contributed by atoms with Crippen LogP contribution in [0, 0.1) is 0 Å². The van der Waals surface area contributed by atoms with Crippen LogP contribution in [-0.2, 0) is 0 Å². The van der Waals surface area contributed by atoms with Gasteiger partial charge in [-0.3, -0.25) is 9.38 Å². The normalized spacial score (nSPS) is 25.6. The van der Waals surface area contributed by atoms with E-state index in [1.165, 1.54) is 0 Å². The molecule has 4 heterocycles. The van der Waals surface area contributed by atoms with E-state index in [0.29, 0.717) is 6.04 Å². The lowest BCUT2D eigenvalue weighted by atomic mass is 9.88. The molecule has 2 amide bonds. The van der Waals surface area contributed by atoms with Crippen molar-refractivity contribution < 1.29 is 4.79 Å². The number of piperidine rings is 1. The molecule has 22 heavy (non-hydrogen) atoms. The summed E-state index contributed by atoms with van der Waals surface area (Å²) in [5, 5.41) is 0. The molecule has 2 fully saturated rings. The van der Waals surface area contributed by atoms with E-state index in [4.69, 9.17) is 0 Å². The largest absolute Gasteiger partial charge is 0.328 e. The Morgan fingerprint density at radius 3 is 3.05 bits per heavy atom. The maximum Gasteiger partial charge on any atom is 0.320 e. The van der Waals surface area contributed by atoms with Crippen molar-refractivity contribution in [2.24, 2.45) is 0 Å². The molecule has 0 saturated carbocycles. The maximum atomic E-state index is 12.4. The highest BCUT2D eigenvalue weighted by Gasteiger charge is 2.38. The molecule has 2 aliphatic heterocycles. The number of hydrogen-bond donors (Lipinski definition) is 0. The van der Waals surface area contributed by atoms with Crippen LogP contribution in [0.4, 0.5) is 4.79 Å². The zero-order valence-corrected chi connectivity index (χ0v) is 14.0. The van der Waals surface area contributed by atoms with Gasteiger partial charge in [0.2, 0.25) is 0 Å². The van der Waals surface area contributed by atoms with Crippen molar-refractivity contribution in [1.29, 1.82) is 0 Å². The molecule has 7 heteroatoms. The van der Waals surface area contributed by atoms with Gasteiger partial charge in [-0.1, -0.05) is 0 Å². The summed E-state index contributed by atoms with van der Waals surface area (Å²) in [5.41, 5.74) is 2.06. The van der Waals surface area contributed by atoms with Gasteiger partial charge in [0.15, 0.2) is 4.73 Å². The third-order valence-corrected chi connectivity index (χ3v) is 5.45. The minimum absolute atomic E-state index is 0.154. The number of carbonyl (C=O) groups excluding carboxylic acids is 1. The Morgan fingerprint density at radius 1 is 1.32 bits per heavy atom. The van der Waals surface area contributed by atoms with E-state index in [2.05, 4.69) is 25.9 Å². The van der Waals surface area contributed by atoms with Crippen molar-refractivity contribution in [2.45, 2.75) is 31.2 Å². The summed E-state index contributed by atoms with van der Waals surface area (Å²) in [5.74, 6) is 0.275. The Morgan fingerprint density at radius 2 is 2.18 bits per heavy atom. The summed E-state index contributed by atoms with van der Waals surface area (Å²) >= 11 is 3.51. The van der Waals surface area contributed by atoms with Gasteiger partial charge in [-0.05, 0) is 35.2 Å². The Balaban J connectivity index is 1.67. The van der Waals surface area contributed by atoms with Crippen molar-refractivity contribution in [1.82, 2.24) is 24.2 Å². The predicted octanol–water partition coefficient (Wildman–Crippen LogP) is 2.50. The number of imidazole rings is 1. The van der Waals surface area contributed by atoms with Gasteiger partial charge in [-0.25, -0.2) is 9.78 Å². The molecular formula is C15H18BrN5O. The van der Waals surface area contributed by atoms with Gasteiger partial charge in [0.25, 0.3) is 0 Å². The first-order chi connectivity index (χ1) is 10.6. The van der Waals surface area contributed by atoms with Gasteiger partial charge in [0.05, 0.1) is 17.4 Å². The van der Waals surface area contributed by atoms with E-state index in [9.17, 15) is 4.79 Å². The minimum Gasteiger partial charge on any atom is -0.328 e. The fourth-order valence-electron chi connectivity index (χ4n) is 3.67. The smallest absolute Gasteiger partial charge is 0.320 e. The first-order valence-electron chi connectivity index (χ1n) is 7.64. The van der Waals surface area contributed by atoms with Crippen molar-refractivity contribution >= 4 is 27.5 Å². The third kappa shape index (κ3) is 2.10. The molecule has 0 aliphatic carbocycles. The van der Waals surface area contributed by atoms with Crippen molar-refractivity contribution in [3.63, 3.8) is 0 Å². The number of fused-ring (bicyclic) bond motifs is 2. The van der Waals surface area contributed by atoms with Gasteiger partial charge in [0, 0.05) is 44.5 Å². The molecule has 2 aromatic heterocycles.